The maximum absolute atomic E-state index is 14.0. The summed E-state index contributed by atoms with van der Waals surface area (Å²) in [5.74, 6) is -1.95. The molecule has 10 nitrogen and oxygen atoms in total. The van der Waals surface area contributed by atoms with Gasteiger partial charge >= 0.3 is 18.0 Å². The van der Waals surface area contributed by atoms with Crippen LogP contribution in [0.15, 0.2) is 34.9 Å². The van der Waals surface area contributed by atoms with Gasteiger partial charge in [-0.05, 0) is 82.9 Å². The second kappa shape index (κ2) is 10.0. The van der Waals surface area contributed by atoms with Crippen molar-refractivity contribution in [1.82, 2.24) is 4.90 Å². The summed E-state index contributed by atoms with van der Waals surface area (Å²) >= 11 is 0. The van der Waals surface area contributed by atoms with E-state index in [-0.39, 0.29) is 23.6 Å². The van der Waals surface area contributed by atoms with Crippen molar-refractivity contribution in [3.8, 4) is 0 Å². The molecule has 0 aromatic carbocycles. The average molecular weight is 624 g/mol. The minimum atomic E-state index is -1.53. The Morgan fingerprint density at radius 1 is 1.09 bits per heavy atom. The van der Waals surface area contributed by atoms with Gasteiger partial charge in [0.25, 0.3) is 0 Å². The Morgan fingerprint density at radius 3 is 2.47 bits per heavy atom. The molecular weight excluding hydrogens is 578 g/mol. The van der Waals surface area contributed by atoms with Crippen molar-refractivity contribution in [1.29, 1.82) is 0 Å². The predicted molar refractivity (Wildman–Crippen MR) is 160 cm³/mol. The SMILES string of the molecule is CC(=O)OC1C=C(C(C)C2CC(C)=C(C)C(=O)O2)C2(C)CCC3C(CC4OC45C(OC(=O)N4CCCC4)C=CC(=O)C35C)C12O. The van der Waals surface area contributed by atoms with Gasteiger partial charge < -0.3 is 29.0 Å². The summed E-state index contributed by atoms with van der Waals surface area (Å²) in [6.07, 6.45) is 6.21. The first-order valence-corrected chi connectivity index (χ1v) is 16.5. The number of ketones is 1. The molecule has 7 rings (SSSR count). The van der Waals surface area contributed by atoms with E-state index in [2.05, 4.69) is 0 Å². The molecular formula is C35H45NO9. The summed E-state index contributed by atoms with van der Waals surface area (Å²) < 4.78 is 24.3. The quantitative estimate of drug-likeness (QED) is 0.212. The van der Waals surface area contributed by atoms with Crippen LogP contribution in [0.2, 0.25) is 0 Å². The number of esters is 2. The normalized spacial score (nSPS) is 45.5. The second-order valence-corrected chi connectivity index (χ2v) is 15.0. The molecule has 3 aliphatic heterocycles. The number of rotatable bonds is 4. The van der Waals surface area contributed by atoms with Crippen LogP contribution in [0, 0.1) is 28.6 Å². The lowest BCUT2D eigenvalue weighted by molar-refractivity contribution is -0.224. The summed E-state index contributed by atoms with van der Waals surface area (Å²) in [7, 11) is 0. The summed E-state index contributed by atoms with van der Waals surface area (Å²) in [5, 5.41) is 13.1. The lowest BCUT2D eigenvalue weighted by Gasteiger charge is -2.61. The van der Waals surface area contributed by atoms with Crippen LogP contribution in [-0.4, -0.2) is 82.5 Å². The number of carbonyl (C=O) groups is 4. The first kappa shape index (κ1) is 30.7. The largest absolute Gasteiger partial charge is 0.458 e. The van der Waals surface area contributed by atoms with Crippen molar-refractivity contribution in [3.05, 3.63) is 34.9 Å². The maximum Gasteiger partial charge on any atom is 0.410 e. The van der Waals surface area contributed by atoms with E-state index < -0.39 is 64.4 Å². The number of nitrogens with zero attached hydrogens (tertiary/aromatic N) is 1. The molecule has 0 radical (unpaired) electrons. The molecule has 45 heavy (non-hydrogen) atoms. The zero-order valence-electron chi connectivity index (χ0n) is 27.1. The highest BCUT2D eigenvalue weighted by atomic mass is 16.7. The molecule has 1 spiro atoms. The Kier molecular flexibility index (Phi) is 6.82. The molecule has 1 N–H and O–H groups in total. The molecule has 2 saturated heterocycles. The molecule has 4 fully saturated rings. The number of amides is 1. The number of ether oxygens (including phenoxy) is 4. The fourth-order valence-electron chi connectivity index (χ4n) is 10.3. The van der Waals surface area contributed by atoms with Gasteiger partial charge in [0.05, 0.1) is 11.5 Å². The van der Waals surface area contributed by atoms with E-state index in [0.717, 1.165) is 24.0 Å². The van der Waals surface area contributed by atoms with Crippen LogP contribution in [0.5, 0.6) is 0 Å². The number of epoxide rings is 1. The van der Waals surface area contributed by atoms with Gasteiger partial charge in [-0.15, -0.1) is 0 Å². The van der Waals surface area contributed by atoms with Gasteiger partial charge in [0.1, 0.15) is 23.4 Å². The van der Waals surface area contributed by atoms with Gasteiger partial charge in [-0.1, -0.05) is 25.0 Å². The van der Waals surface area contributed by atoms with Gasteiger partial charge in [-0.3, -0.25) is 9.59 Å². The molecule has 2 saturated carbocycles. The molecule has 1 amide bonds. The number of cyclic esters (lactones) is 1. The molecule has 3 heterocycles. The van der Waals surface area contributed by atoms with Crippen molar-refractivity contribution in [2.24, 2.45) is 28.6 Å². The van der Waals surface area contributed by atoms with Crippen molar-refractivity contribution in [2.45, 2.75) is 116 Å². The summed E-state index contributed by atoms with van der Waals surface area (Å²) in [6, 6.07) is 0. The zero-order valence-corrected chi connectivity index (χ0v) is 27.1. The Labute approximate surface area is 264 Å². The molecule has 10 heteroatoms. The van der Waals surface area contributed by atoms with Gasteiger partial charge in [0.15, 0.2) is 11.9 Å². The second-order valence-electron chi connectivity index (χ2n) is 15.0. The molecule has 0 aromatic heterocycles. The van der Waals surface area contributed by atoms with Gasteiger partial charge in [-0.2, -0.15) is 0 Å². The number of fused-ring (bicyclic) bond motifs is 4. The van der Waals surface area contributed by atoms with E-state index >= 15 is 0 Å². The third-order valence-corrected chi connectivity index (χ3v) is 13.1. The fourth-order valence-corrected chi connectivity index (χ4v) is 10.3. The summed E-state index contributed by atoms with van der Waals surface area (Å²) in [4.78, 5) is 53.9. The van der Waals surface area contributed by atoms with Gasteiger partial charge in [0, 0.05) is 43.3 Å². The molecule has 7 aliphatic rings. The minimum absolute atomic E-state index is 0.101. The summed E-state index contributed by atoms with van der Waals surface area (Å²) in [5.41, 5.74) is -1.90. The third-order valence-electron chi connectivity index (χ3n) is 13.1. The third kappa shape index (κ3) is 3.93. The van der Waals surface area contributed by atoms with E-state index in [0.29, 0.717) is 44.3 Å². The Bertz CT molecular complexity index is 1460. The number of aliphatic hydroxyl groups is 1. The molecule has 0 bridgehead atoms. The highest BCUT2D eigenvalue weighted by Gasteiger charge is 2.83. The Hall–Kier alpha value is -2.98. The van der Waals surface area contributed by atoms with E-state index in [1.54, 1.807) is 17.9 Å². The maximum atomic E-state index is 14.0. The van der Waals surface area contributed by atoms with Crippen LogP contribution in [0.4, 0.5) is 4.79 Å². The predicted octanol–water partition coefficient (Wildman–Crippen LogP) is 4.20. The summed E-state index contributed by atoms with van der Waals surface area (Å²) in [6.45, 7) is 12.3. The highest BCUT2D eigenvalue weighted by Crippen LogP contribution is 2.74. The minimum Gasteiger partial charge on any atom is -0.458 e. The van der Waals surface area contributed by atoms with E-state index in [1.165, 1.54) is 13.0 Å². The van der Waals surface area contributed by atoms with Crippen LogP contribution in [0.1, 0.15) is 80.1 Å². The lowest BCUT2D eigenvalue weighted by Crippen LogP contribution is -2.70. The Balaban J connectivity index is 1.23. The highest BCUT2D eigenvalue weighted by molar-refractivity contribution is 5.98. The topological polar surface area (TPSA) is 132 Å². The number of hydrogen-bond donors (Lipinski definition) is 1. The number of carbonyl (C=O) groups excluding carboxylic acids is 4. The molecule has 0 aromatic rings. The van der Waals surface area contributed by atoms with Crippen LogP contribution in [-0.2, 0) is 33.3 Å². The number of allylic oxidation sites excluding steroid dienone is 1. The van der Waals surface area contributed by atoms with Gasteiger partial charge in [-0.25, -0.2) is 9.59 Å². The first-order chi connectivity index (χ1) is 21.2. The van der Waals surface area contributed by atoms with Crippen LogP contribution >= 0.6 is 0 Å². The molecule has 4 aliphatic carbocycles. The Morgan fingerprint density at radius 2 is 1.80 bits per heavy atom. The molecule has 11 atom stereocenters. The van der Waals surface area contributed by atoms with Gasteiger partial charge in [0.2, 0.25) is 0 Å². The molecule has 244 valence electrons. The van der Waals surface area contributed by atoms with Crippen LogP contribution < -0.4 is 0 Å². The average Bonchev–Trinajstić information content (AvgIpc) is 3.35. The molecule has 11 unspecified atom stereocenters. The first-order valence-electron chi connectivity index (χ1n) is 16.5. The fraction of sp³-hybridized carbons (Fsp3) is 0.714. The van der Waals surface area contributed by atoms with E-state index in [1.807, 2.05) is 33.8 Å². The number of likely N-dealkylation sites (tertiary alicyclic amines) is 1. The van der Waals surface area contributed by atoms with Crippen LogP contribution in [0.25, 0.3) is 0 Å². The number of hydrogen-bond acceptors (Lipinski definition) is 9. The smallest absolute Gasteiger partial charge is 0.410 e. The standard InChI is InChI=1S/C35H45NO9/c1-18-15-25(43-30(39)19(18)2)20(3)23-16-28(42-21(4)37)34(41)24-17-29-35(45-29)27(44-31(40)36-13-7-8-14-36)10-9-26(38)33(35,6)22(24)11-12-32(23,34)5/h9-10,16,20,22,24-25,27-29,41H,7-8,11-15,17H2,1-6H3. The monoisotopic (exact) mass is 623 g/mol. The van der Waals surface area contributed by atoms with Crippen molar-refractivity contribution in [3.63, 3.8) is 0 Å². The van der Waals surface area contributed by atoms with Crippen molar-refractivity contribution < 1.29 is 43.2 Å². The van der Waals surface area contributed by atoms with Crippen molar-refractivity contribution in [2.75, 3.05) is 13.1 Å². The zero-order chi connectivity index (χ0) is 32.3. The lowest BCUT2D eigenvalue weighted by atomic mass is 9.42. The van der Waals surface area contributed by atoms with Crippen LogP contribution in [0.3, 0.4) is 0 Å². The van der Waals surface area contributed by atoms with E-state index in [4.69, 9.17) is 18.9 Å². The van der Waals surface area contributed by atoms with Crippen molar-refractivity contribution >= 4 is 23.8 Å². The van der Waals surface area contributed by atoms with E-state index in [9.17, 15) is 24.3 Å².